The van der Waals surface area contributed by atoms with Gasteiger partial charge in [-0.15, -0.1) is 0 Å². The molecule has 0 aromatic heterocycles. The standard InChI is InChI=1S/C21H27N3O/c22-10-13-24-11-7-16(8-12-24)15-23-20(25)19-14-21(19)9-3-5-17-4-1-2-6-18(17)21/h1-2,4,6,16,19H,3,5,7-9,11-15H2,(H,23,25)/t19-,21+/m0/s1. The van der Waals surface area contributed by atoms with Crippen LogP contribution in [0.1, 0.15) is 43.2 Å². The maximum absolute atomic E-state index is 12.7. The van der Waals surface area contributed by atoms with Crippen molar-refractivity contribution in [3.8, 4) is 6.07 Å². The summed E-state index contributed by atoms with van der Waals surface area (Å²) in [6.45, 7) is 3.29. The van der Waals surface area contributed by atoms with Crippen LogP contribution in [0.3, 0.4) is 0 Å². The zero-order valence-corrected chi connectivity index (χ0v) is 14.8. The monoisotopic (exact) mass is 337 g/mol. The molecule has 1 saturated carbocycles. The summed E-state index contributed by atoms with van der Waals surface area (Å²) in [6, 6.07) is 10.9. The summed E-state index contributed by atoms with van der Waals surface area (Å²) in [6.07, 6.45) is 6.72. The Labute approximate surface area is 150 Å². The minimum Gasteiger partial charge on any atom is -0.356 e. The summed E-state index contributed by atoms with van der Waals surface area (Å²) in [5.74, 6) is 0.996. The van der Waals surface area contributed by atoms with Gasteiger partial charge in [-0.1, -0.05) is 24.3 Å². The number of nitrogens with zero attached hydrogens (tertiary/aromatic N) is 2. The third-order valence-corrected chi connectivity index (χ3v) is 6.58. The quantitative estimate of drug-likeness (QED) is 0.859. The highest BCUT2D eigenvalue weighted by molar-refractivity contribution is 5.84. The second-order valence-corrected chi connectivity index (χ2v) is 8.05. The molecule has 1 aliphatic heterocycles. The van der Waals surface area contributed by atoms with Crippen molar-refractivity contribution in [1.29, 1.82) is 5.26 Å². The van der Waals surface area contributed by atoms with Crippen LogP contribution in [0.25, 0.3) is 0 Å². The number of nitriles is 1. The molecule has 4 nitrogen and oxygen atoms in total. The average Bonchev–Trinajstić information content (AvgIpc) is 3.36. The number of fused-ring (bicyclic) bond motifs is 2. The summed E-state index contributed by atoms with van der Waals surface area (Å²) < 4.78 is 0. The van der Waals surface area contributed by atoms with Gasteiger partial charge < -0.3 is 5.32 Å². The molecule has 0 unspecified atom stereocenters. The topological polar surface area (TPSA) is 56.1 Å². The normalized spacial score (nSPS) is 29.0. The van der Waals surface area contributed by atoms with E-state index in [1.54, 1.807) is 0 Å². The molecule has 4 rings (SSSR count). The summed E-state index contributed by atoms with van der Waals surface area (Å²) in [5.41, 5.74) is 3.02. The highest BCUT2D eigenvalue weighted by Crippen LogP contribution is 2.60. The first-order chi connectivity index (χ1) is 12.2. The van der Waals surface area contributed by atoms with Crippen molar-refractivity contribution in [3.63, 3.8) is 0 Å². The lowest BCUT2D eigenvalue weighted by atomic mass is 9.78. The van der Waals surface area contributed by atoms with Crippen molar-refractivity contribution in [2.45, 2.75) is 43.9 Å². The van der Waals surface area contributed by atoms with E-state index >= 15 is 0 Å². The van der Waals surface area contributed by atoms with Crippen molar-refractivity contribution in [1.82, 2.24) is 10.2 Å². The molecule has 1 aromatic carbocycles. The van der Waals surface area contributed by atoms with Crippen molar-refractivity contribution in [2.75, 3.05) is 26.2 Å². The van der Waals surface area contributed by atoms with Gasteiger partial charge in [0.05, 0.1) is 12.6 Å². The predicted molar refractivity (Wildman–Crippen MR) is 97.0 cm³/mol. The molecule has 1 heterocycles. The van der Waals surface area contributed by atoms with Crippen molar-refractivity contribution < 1.29 is 4.79 Å². The Morgan fingerprint density at radius 3 is 2.92 bits per heavy atom. The number of likely N-dealkylation sites (tertiary alicyclic amines) is 1. The highest BCUT2D eigenvalue weighted by atomic mass is 16.2. The third kappa shape index (κ3) is 3.18. The summed E-state index contributed by atoms with van der Waals surface area (Å²) >= 11 is 0. The molecule has 1 amide bonds. The lowest BCUT2D eigenvalue weighted by Gasteiger charge is -2.30. The van der Waals surface area contributed by atoms with Crippen LogP contribution in [0.4, 0.5) is 0 Å². The van der Waals surface area contributed by atoms with Gasteiger partial charge in [-0.3, -0.25) is 9.69 Å². The van der Waals surface area contributed by atoms with E-state index in [0.29, 0.717) is 12.5 Å². The number of amides is 1. The van der Waals surface area contributed by atoms with Gasteiger partial charge in [0.25, 0.3) is 0 Å². The van der Waals surface area contributed by atoms with Gasteiger partial charge in [0.15, 0.2) is 0 Å². The average molecular weight is 337 g/mol. The van der Waals surface area contributed by atoms with Crippen LogP contribution >= 0.6 is 0 Å². The van der Waals surface area contributed by atoms with E-state index < -0.39 is 0 Å². The number of benzene rings is 1. The van der Waals surface area contributed by atoms with Crippen molar-refractivity contribution in [2.24, 2.45) is 11.8 Å². The Morgan fingerprint density at radius 2 is 2.12 bits per heavy atom. The SMILES string of the molecule is N#CCN1CCC(CNC(=O)[C@@H]2C[C@@]23CCCc2ccccc23)CC1. The van der Waals surface area contributed by atoms with Gasteiger partial charge in [-0.25, -0.2) is 0 Å². The van der Waals surface area contributed by atoms with Crippen LogP contribution in [-0.2, 0) is 16.6 Å². The number of aryl methyl sites for hydroxylation is 1. The number of hydrogen-bond donors (Lipinski definition) is 1. The molecule has 2 aliphatic carbocycles. The first-order valence-corrected chi connectivity index (χ1v) is 9.68. The lowest BCUT2D eigenvalue weighted by molar-refractivity contribution is -0.123. The fourth-order valence-corrected chi connectivity index (χ4v) is 4.99. The fourth-order valence-electron chi connectivity index (χ4n) is 4.99. The Morgan fingerprint density at radius 1 is 1.32 bits per heavy atom. The molecule has 1 aromatic rings. The molecule has 1 saturated heterocycles. The molecule has 0 bridgehead atoms. The number of rotatable bonds is 4. The van der Waals surface area contributed by atoms with Gasteiger partial charge in [-0.2, -0.15) is 5.26 Å². The van der Waals surface area contributed by atoms with Crippen LogP contribution in [0.2, 0.25) is 0 Å². The molecular weight excluding hydrogens is 310 g/mol. The smallest absolute Gasteiger partial charge is 0.224 e. The zero-order valence-electron chi connectivity index (χ0n) is 14.8. The Kier molecular flexibility index (Phi) is 4.52. The minimum absolute atomic E-state index is 0.134. The second kappa shape index (κ2) is 6.80. The largest absolute Gasteiger partial charge is 0.356 e. The fraction of sp³-hybridized carbons (Fsp3) is 0.619. The molecule has 2 atom stereocenters. The summed E-state index contributed by atoms with van der Waals surface area (Å²) in [4.78, 5) is 14.9. The van der Waals surface area contributed by atoms with E-state index in [2.05, 4.69) is 40.6 Å². The van der Waals surface area contributed by atoms with Crippen molar-refractivity contribution >= 4 is 5.91 Å². The van der Waals surface area contributed by atoms with Crippen LogP contribution in [-0.4, -0.2) is 37.0 Å². The van der Waals surface area contributed by atoms with Crippen LogP contribution in [0.15, 0.2) is 24.3 Å². The minimum atomic E-state index is 0.134. The van der Waals surface area contributed by atoms with Gasteiger partial charge in [0.1, 0.15) is 0 Å². The third-order valence-electron chi connectivity index (χ3n) is 6.58. The van der Waals surface area contributed by atoms with Gasteiger partial charge in [-0.05, 0) is 68.7 Å². The Bertz CT molecular complexity index is 687. The Balaban J connectivity index is 1.31. The number of carbonyl (C=O) groups is 1. The molecule has 4 heteroatoms. The van der Waals surface area contributed by atoms with Crippen LogP contribution in [0, 0.1) is 23.2 Å². The number of hydrogen-bond acceptors (Lipinski definition) is 3. The van der Waals surface area contributed by atoms with Crippen molar-refractivity contribution in [3.05, 3.63) is 35.4 Å². The van der Waals surface area contributed by atoms with E-state index in [4.69, 9.17) is 5.26 Å². The van der Waals surface area contributed by atoms with E-state index in [-0.39, 0.29) is 17.2 Å². The van der Waals surface area contributed by atoms with Crippen LogP contribution in [0.5, 0.6) is 0 Å². The number of carbonyl (C=O) groups excluding carboxylic acids is 1. The zero-order chi connectivity index (χ0) is 17.3. The van der Waals surface area contributed by atoms with Crippen LogP contribution < -0.4 is 5.32 Å². The number of piperidine rings is 1. The van der Waals surface area contributed by atoms with E-state index in [9.17, 15) is 4.79 Å². The molecule has 2 fully saturated rings. The van der Waals surface area contributed by atoms with E-state index in [1.165, 1.54) is 17.5 Å². The first kappa shape index (κ1) is 16.6. The van der Waals surface area contributed by atoms with Gasteiger partial charge in [0.2, 0.25) is 5.91 Å². The molecular formula is C21H27N3O. The molecule has 0 radical (unpaired) electrons. The molecule has 1 spiro atoms. The lowest BCUT2D eigenvalue weighted by Crippen LogP contribution is -2.39. The maximum Gasteiger partial charge on any atom is 0.224 e. The molecule has 132 valence electrons. The van der Waals surface area contributed by atoms with Gasteiger partial charge in [0, 0.05) is 17.9 Å². The highest BCUT2D eigenvalue weighted by Gasteiger charge is 2.59. The first-order valence-electron chi connectivity index (χ1n) is 9.68. The summed E-state index contributed by atoms with van der Waals surface area (Å²) in [7, 11) is 0. The maximum atomic E-state index is 12.7. The number of nitrogens with one attached hydrogen (secondary N) is 1. The van der Waals surface area contributed by atoms with E-state index in [0.717, 1.165) is 51.7 Å². The summed E-state index contributed by atoms with van der Waals surface area (Å²) in [5, 5.41) is 12.0. The molecule has 25 heavy (non-hydrogen) atoms. The van der Waals surface area contributed by atoms with Gasteiger partial charge >= 0.3 is 0 Å². The van der Waals surface area contributed by atoms with E-state index in [1.807, 2.05) is 0 Å². The molecule has 3 aliphatic rings. The Hall–Kier alpha value is -1.86. The molecule has 1 N–H and O–H groups in total. The predicted octanol–water partition coefficient (Wildman–Crippen LogP) is 2.63. The second-order valence-electron chi connectivity index (χ2n) is 8.05.